The first-order valence-corrected chi connectivity index (χ1v) is 4.84. The molecule has 0 aromatic heterocycles. The van der Waals surface area contributed by atoms with Crippen molar-refractivity contribution < 1.29 is 14.3 Å². The predicted octanol–water partition coefficient (Wildman–Crippen LogP) is -2.02. The van der Waals surface area contributed by atoms with Crippen molar-refractivity contribution in [1.82, 2.24) is 5.32 Å². The van der Waals surface area contributed by atoms with Crippen molar-refractivity contribution in [1.29, 1.82) is 0 Å². The molecule has 1 aliphatic heterocycles. The van der Waals surface area contributed by atoms with E-state index in [0.29, 0.717) is 0 Å². The second kappa shape index (κ2) is 4.48. The molecule has 16 heavy (non-hydrogen) atoms. The normalized spacial score (nSPS) is 29.8. The van der Waals surface area contributed by atoms with Crippen molar-refractivity contribution in [2.24, 2.45) is 22.4 Å². The van der Waals surface area contributed by atoms with E-state index in [9.17, 15) is 9.59 Å². The highest BCUT2D eigenvalue weighted by Crippen LogP contribution is 2.27. The van der Waals surface area contributed by atoms with E-state index in [1.165, 1.54) is 13.4 Å². The molecule has 3 atom stereocenters. The van der Waals surface area contributed by atoms with Crippen LogP contribution in [0.2, 0.25) is 0 Å². The van der Waals surface area contributed by atoms with E-state index < -0.39 is 23.4 Å². The lowest BCUT2D eigenvalue weighted by molar-refractivity contribution is -0.132. The third kappa shape index (κ3) is 1.73. The topological polar surface area (TPSA) is 120 Å². The Morgan fingerprint density at radius 3 is 2.69 bits per heavy atom. The summed E-state index contributed by atoms with van der Waals surface area (Å²) >= 11 is 0. The van der Waals surface area contributed by atoms with Gasteiger partial charge in [-0.15, -0.1) is 0 Å². The molecule has 7 heteroatoms. The van der Waals surface area contributed by atoms with Crippen LogP contribution in [0.1, 0.15) is 6.92 Å². The molecule has 0 aromatic carbocycles. The number of ether oxygens (including phenoxy) is 1. The van der Waals surface area contributed by atoms with Gasteiger partial charge in [0.05, 0.1) is 12.9 Å². The average molecular weight is 228 g/mol. The molecule has 0 aromatic rings. The number of nitrogens with zero attached hydrogens (tertiary/aromatic N) is 1. The fraction of sp³-hybridized carbons (Fsp3) is 0.667. The summed E-state index contributed by atoms with van der Waals surface area (Å²) in [6.45, 7) is 2.01. The van der Waals surface area contributed by atoms with Gasteiger partial charge in [0.15, 0.2) is 11.6 Å². The maximum atomic E-state index is 11.6. The molecule has 0 saturated carbocycles. The van der Waals surface area contributed by atoms with Crippen molar-refractivity contribution in [3.8, 4) is 0 Å². The van der Waals surface area contributed by atoms with Crippen LogP contribution in [-0.2, 0) is 14.3 Å². The van der Waals surface area contributed by atoms with Gasteiger partial charge in [0.2, 0.25) is 11.8 Å². The minimum atomic E-state index is -1.29. The summed E-state index contributed by atoms with van der Waals surface area (Å²) in [5, 5.41) is 2.74. The van der Waals surface area contributed by atoms with Crippen LogP contribution in [-0.4, -0.2) is 43.5 Å². The van der Waals surface area contributed by atoms with E-state index in [1.807, 2.05) is 0 Å². The molecule has 0 bridgehead atoms. The molecule has 5 N–H and O–H groups in total. The number of nitrogens with one attached hydrogen (secondary N) is 1. The van der Waals surface area contributed by atoms with E-state index in [0.717, 1.165) is 0 Å². The van der Waals surface area contributed by atoms with Gasteiger partial charge in [0.25, 0.3) is 0 Å². The fourth-order valence-electron chi connectivity index (χ4n) is 1.95. The zero-order chi connectivity index (χ0) is 12.3. The highest BCUT2D eigenvalue weighted by atomic mass is 16.5. The maximum Gasteiger partial charge on any atom is 0.246 e. The number of aliphatic imine (C=N–C) groups is 1. The number of carbonyl (C=O) groups excluding carboxylic acids is 2. The number of primary amides is 2. The largest absolute Gasteiger partial charge is 0.384 e. The molecule has 0 fully saturated rings. The van der Waals surface area contributed by atoms with Gasteiger partial charge < -0.3 is 21.5 Å². The Hall–Kier alpha value is -1.63. The first-order valence-electron chi connectivity index (χ1n) is 4.84. The lowest BCUT2D eigenvalue weighted by atomic mass is 9.79. The molecule has 2 unspecified atom stereocenters. The highest BCUT2D eigenvalue weighted by molar-refractivity contribution is 5.99. The summed E-state index contributed by atoms with van der Waals surface area (Å²) in [5.74, 6) is -1.68. The molecule has 1 rings (SSSR count). The third-order valence-electron chi connectivity index (χ3n) is 2.83. The van der Waals surface area contributed by atoms with Crippen molar-refractivity contribution in [2.45, 2.75) is 18.5 Å². The molecule has 7 nitrogen and oxygen atoms in total. The number of amides is 2. The Balaban J connectivity index is 3.06. The van der Waals surface area contributed by atoms with Crippen LogP contribution >= 0.6 is 0 Å². The van der Waals surface area contributed by atoms with Crippen LogP contribution < -0.4 is 16.8 Å². The molecule has 0 aliphatic carbocycles. The first-order chi connectivity index (χ1) is 7.46. The second-order valence-corrected chi connectivity index (χ2v) is 3.82. The number of hydrogen-bond donors (Lipinski definition) is 3. The van der Waals surface area contributed by atoms with E-state index in [-0.39, 0.29) is 12.5 Å². The fourth-order valence-corrected chi connectivity index (χ4v) is 1.95. The minimum Gasteiger partial charge on any atom is -0.384 e. The van der Waals surface area contributed by atoms with Crippen LogP contribution in [0.15, 0.2) is 4.99 Å². The quantitative estimate of drug-likeness (QED) is 0.503. The monoisotopic (exact) mass is 228 g/mol. The summed E-state index contributed by atoms with van der Waals surface area (Å²) in [4.78, 5) is 26.7. The van der Waals surface area contributed by atoms with Gasteiger partial charge in [-0.05, 0) is 0 Å². The summed E-state index contributed by atoms with van der Waals surface area (Å²) < 4.78 is 4.96. The van der Waals surface area contributed by atoms with E-state index in [1.54, 1.807) is 6.92 Å². The predicted molar refractivity (Wildman–Crippen MR) is 57.6 cm³/mol. The van der Waals surface area contributed by atoms with Gasteiger partial charge in [0.1, 0.15) is 0 Å². The average Bonchev–Trinajstić information content (AvgIpc) is 2.62. The highest BCUT2D eigenvalue weighted by Gasteiger charge is 2.53. The summed E-state index contributed by atoms with van der Waals surface area (Å²) in [6.07, 6.45) is 1.28. The number of carbonyl (C=O) groups is 2. The molecule has 0 saturated heterocycles. The van der Waals surface area contributed by atoms with Crippen LogP contribution in [0.4, 0.5) is 0 Å². The Morgan fingerprint density at radius 2 is 2.25 bits per heavy atom. The number of nitrogens with two attached hydrogens (primary N) is 2. The molecule has 90 valence electrons. The zero-order valence-corrected chi connectivity index (χ0v) is 9.27. The number of methoxy groups -OCH3 is 1. The van der Waals surface area contributed by atoms with E-state index in [4.69, 9.17) is 16.2 Å². The molecular weight excluding hydrogens is 212 g/mol. The van der Waals surface area contributed by atoms with Crippen LogP contribution in [0.5, 0.6) is 0 Å². The standard InChI is InChI=1S/C9H16N4O3/c1-5(3-16-2)9(8(11)15)6(7(10)14)12-4-13-9/h4-6H,3H2,1-2H3,(H2,10,14)(H2,11,15)(H,12,13)/t5-,6?,9?/m1/s1. The molecule has 0 radical (unpaired) electrons. The SMILES string of the molecule is COC[C@@H](C)C1(C(N)=O)NC=NC1C(N)=O. The maximum absolute atomic E-state index is 11.6. The molecule has 1 aliphatic rings. The molecule has 2 amide bonds. The van der Waals surface area contributed by atoms with Gasteiger partial charge in [-0.2, -0.15) is 0 Å². The summed E-state index contributed by atoms with van der Waals surface area (Å²) in [7, 11) is 1.50. The zero-order valence-electron chi connectivity index (χ0n) is 9.27. The van der Waals surface area contributed by atoms with E-state index in [2.05, 4.69) is 10.3 Å². The van der Waals surface area contributed by atoms with Crippen molar-refractivity contribution in [3.05, 3.63) is 0 Å². The lowest BCUT2D eigenvalue weighted by Crippen LogP contribution is -2.66. The van der Waals surface area contributed by atoms with Gasteiger partial charge in [0, 0.05) is 13.0 Å². The van der Waals surface area contributed by atoms with Gasteiger partial charge in [-0.3, -0.25) is 14.6 Å². The Bertz CT molecular complexity index is 331. The summed E-state index contributed by atoms with van der Waals surface area (Å²) in [5.41, 5.74) is 9.26. The Labute approximate surface area is 93.2 Å². The molecule has 0 spiro atoms. The lowest BCUT2D eigenvalue weighted by Gasteiger charge is -2.35. The summed E-state index contributed by atoms with van der Waals surface area (Å²) in [6, 6.07) is -0.991. The van der Waals surface area contributed by atoms with Crippen molar-refractivity contribution >= 4 is 18.2 Å². The van der Waals surface area contributed by atoms with Crippen molar-refractivity contribution in [3.63, 3.8) is 0 Å². The first kappa shape index (κ1) is 12.4. The Kier molecular flexibility index (Phi) is 3.48. The molecule has 1 heterocycles. The second-order valence-electron chi connectivity index (χ2n) is 3.82. The Morgan fingerprint density at radius 1 is 1.62 bits per heavy atom. The van der Waals surface area contributed by atoms with Crippen molar-refractivity contribution in [2.75, 3.05) is 13.7 Å². The third-order valence-corrected chi connectivity index (χ3v) is 2.83. The minimum absolute atomic E-state index is 0.267. The number of rotatable bonds is 5. The number of hydrogen-bond acceptors (Lipinski definition) is 5. The van der Waals surface area contributed by atoms with Gasteiger partial charge >= 0.3 is 0 Å². The van der Waals surface area contributed by atoms with Gasteiger partial charge in [-0.25, -0.2) is 0 Å². The smallest absolute Gasteiger partial charge is 0.246 e. The van der Waals surface area contributed by atoms with Gasteiger partial charge in [-0.1, -0.05) is 6.92 Å². The molecular formula is C9H16N4O3. The van der Waals surface area contributed by atoms with Crippen LogP contribution in [0.25, 0.3) is 0 Å². The van der Waals surface area contributed by atoms with Crippen LogP contribution in [0, 0.1) is 5.92 Å². The van der Waals surface area contributed by atoms with Crippen LogP contribution in [0.3, 0.4) is 0 Å². The van der Waals surface area contributed by atoms with E-state index >= 15 is 0 Å².